The van der Waals surface area contributed by atoms with Crippen molar-refractivity contribution >= 4 is 29.2 Å². The van der Waals surface area contributed by atoms with Crippen molar-refractivity contribution in [3.63, 3.8) is 0 Å². The van der Waals surface area contributed by atoms with Gasteiger partial charge < -0.3 is 11.5 Å². The third kappa shape index (κ3) is 0.884. The Bertz CT molecular complexity index is 361. The van der Waals surface area contributed by atoms with Crippen LogP contribution in [0, 0.1) is 0 Å². The van der Waals surface area contributed by atoms with Crippen molar-refractivity contribution in [3.8, 4) is 0 Å². The summed E-state index contributed by atoms with van der Waals surface area (Å²) in [5.74, 6) is 0.679. The summed E-state index contributed by atoms with van der Waals surface area (Å²) < 4.78 is 0. The van der Waals surface area contributed by atoms with E-state index >= 15 is 0 Å². The Morgan fingerprint density at radius 1 is 1.25 bits per heavy atom. The highest BCUT2D eigenvalue weighted by molar-refractivity contribution is 6.21. The molecule has 0 bridgehead atoms. The number of anilines is 2. The zero-order valence-electron chi connectivity index (χ0n) is 5.90. The van der Waals surface area contributed by atoms with Gasteiger partial charge in [-0.15, -0.1) is 5.11 Å². The monoisotopic (exact) mass is 184 g/mol. The van der Waals surface area contributed by atoms with Crippen molar-refractivity contribution in [2.24, 2.45) is 10.2 Å². The molecule has 0 radical (unpaired) electrons. The molecule has 1 aromatic heterocycles. The number of fused-ring (bicyclic) bond motifs is 1. The van der Waals surface area contributed by atoms with E-state index in [9.17, 15) is 0 Å². The second kappa shape index (κ2) is 2.28. The van der Waals surface area contributed by atoms with Gasteiger partial charge in [-0.25, -0.2) is 0 Å². The van der Waals surface area contributed by atoms with Gasteiger partial charge in [0.15, 0.2) is 11.3 Å². The average molecular weight is 185 g/mol. The Morgan fingerprint density at radius 3 is 2.75 bits per heavy atom. The molecule has 0 amide bonds. The van der Waals surface area contributed by atoms with Crippen LogP contribution in [0.5, 0.6) is 0 Å². The number of nitrogens with two attached hydrogens (primary N) is 2. The van der Waals surface area contributed by atoms with E-state index in [4.69, 9.17) is 23.1 Å². The number of hydrogen-bond acceptors (Lipinski definition) is 6. The van der Waals surface area contributed by atoms with Gasteiger partial charge in [-0.2, -0.15) is 15.1 Å². The van der Waals surface area contributed by atoms with Crippen molar-refractivity contribution in [2.45, 2.75) is 5.50 Å². The molecular formula is C5H5ClN6. The molecule has 0 aromatic carbocycles. The van der Waals surface area contributed by atoms with Crippen LogP contribution in [0.3, 0.4) is 0 Å². The van der Waals surface area contributed by atoms with E-state index in [0.717, 1.165) is 0 Å². The Balaban J connectivity index is 2.66. The summed E-state index contributed by atoms with van der Waals surface area (Å²) in [5, 5.41) is 7.34. The normalized spacial score (nSPS) is 19.6. The topological polar surface area (TPSA) is 103 Å². The van der Waals surface area contributed by atoms with E-state index in [1.807, 2.05) is 0 Å². The quantitative estimate of drug-likeness (QED) is 0.463. The minimum Gasteiger partial charge on any atom is -0.383 e. The van der Waals surface area contributed by atoms with Gasteiger partial charge >= 0.3 is 0 Å². The summed E-state index contributed by atoms with van der Waals surface area (Å²) in [4.78, 5) is 7.54. The van der Waals surface area contributed by atoms with E-state index in [0.29, 0.717) is 11.4 Å². The van der Waals surface area contributed by atoms with Gasteiger partial charge in [0.25, 0.3) is 0 Å². The van der Waals surface area contributed by atoms with Gasteiger partial charge in [-0.1, -0.05) is 11.6 Å². The SMILES string of the molecule is Nc1nc(N)c2c(n1)N=NC2Cl. The molecule has 1 aliphatic rings. The summed E-state index contributed by atoms with van der Waals surface area (Å²) >= 11 is 5.74. The molecule has 0 aliphatic carbocycles. The molecule has 0 saturated heterocycles. The molecule has 1 atom stereocenters. The summed E-state index contributed by atoms with van der Waals surface area (Å²) in [7, 11) is 0. The predicted molar refractivity (Wildman–Crippen MR) is 44.0 cm³/mol. The minimum absolute atomic E-state index is 0.0796. The van der Waals surface area contributed by atoms with Gasteiger partial charge in [0.1, 0.15) is 5.82 Å². The first-order valence-electron chi connectivity index (χ1n) is 3.16. The molecule has 7 heteroatoms. The highest BCUT2D eigenvalue weighted by atomic mass is 35.5. The first-order valence-corrected chi connectivity index (χ1v) is 3.60. The van der Waals surface area contributed by atoms with Crippen LogP contribution < -0.4 is 11.5 Å². The van der Waals surface area contributed by atoms with E-state index in [1.54, 1.807) is 0 Å². The maximum absolute atomic E-state index is 5.74. The average Bonchev–Trinajstić information content (AvgIpc) is 2.31. The maximum atomic E-state index is 5.74. The van der Waals surface area contributed by atoms with Crippen LogP contribution in [0.25, 0.3) is 0 Å². The Morgan fingerprint density at radius 2 is 2.00 bits per heavy atom. The van der Waals surface area contributed by atoms with Crippen LogP contribution in [-0.2, 0) is 0 Å². The van der Waals surface area contributed by atoms with E-state index < -0.39 is 5.50 Å². The van der Waals surface area contributed by atoms with Gasteiger partial charge in [0, 0.05) is 0 Å². The molecule has 4 N–H and O–H groups in total. The van der Waals surface area contributed by atoms with E-state index in [-0.39, 0.29) is 11.8 Å². The van der Waals surface area contributed by atoms with Crippen molar-refractivity contribution in [1.29, 1.82) is 0 Å². The molecule has 1 aliphatic heterocycles. The zero-order valence-corrected chi connectivity index (χ0v) is 6.65. The lowest BCUT2D eigenvalue weighted by Gasteiger charge is -2.02. The summed E-state index contributed by atoms with van der Waals surface area (Å²) in [6.45, 7) is 0. The molecule has 62 valence electrons. The second-order valence-corrected chi connectivity index (χ2v) is 2.67. The number of alkyl halides is 1. The highest BCUT2D eigenvalue weighted by Crippen LogP contribution is 2.39. The predicted octanol–water partition coefficient (Wildman–Crippen LogP) is 0.976. The van der Waals surface area contributed by atoms with Crippen LogP contribution in [0.2, 0.25) is 0 Å². The fraction of sp³-hybridized carbons (Fsp3) is 0.200. The number of nitrogen functional groups attached to an aromatic ring is 2. The van der Waals surface area contributed by atoms with Crippen LogP contribution in [0.4, 0.5) is 17.6 Å². The first kappa shape index (κ1) is 7.23. The summed E-state index contributed by atoms with van der Waals surface area (Å²) in [5.41, 5.74) is 10.8. The van der Waals surface area contributed by atoms with E-state index in [1.165, 1.54) is 0 Å². The van der Waals surface area contributed by atoms with Crippen LogP contribution in [0.15, 0.2) is 10.2 Å². The molecule has 1 aromatic rings. The van der Waals surface area contributed by atoms with E-state index in [2.05, 4.69) is 20.2 Å². The van der Waals surface area contributed by atoms with Gasteiger partial charge in [0.05, 0.1) is 5.56 Å². The largest absolute Gasteiger partial charge is 0.383 e. The Labute approximate surface area is 72.7 Å². The number of hydrogen-bond donors (Lipinski definition) is 2. The smallest absolute Gasteiger partial charge is 0.224 e. The maximum Gasteiger partial charge on any atom is 0.224 e. The summed E-state index contributed by atoms with van der Waals surface area (Å²) in [6, 6.07) is 0. The molecule has 2 heterocycles. The van der Waals surface area contributed by atoms with Gasteiger partial charge in [-0.05, 0) is 0 Å². The number of rotatable bonds is 0. The van der Waals surface area contributed by atoms with Crippen LogP contribution >= 0.6 is 11.6 Å². The second-order valence-electron chi connectivity index (χ2n) is 2.26. The first-order chi connectivity index (χ1) is 5.68. The zero-order chi connectivity index (χ0) is 8.72. The summed E-state index contributed by atoms with van der Waals surface area (Å²) in [6.07, 6.45) is 0. The third-order valence-electron chi connectivity index (χ3n) is 1.46. The van der Waals surface area contributed by atoms with Crippen molar-refractivity contribution in [2.75, 3.05) is 11.5 Å². The standard InChI is InChI=1S/C5H5ClN6/c6-2-1-3(7)9-5(8)10-4(1)12-11-2/h2H,(H4,7,8,9,10). The molecule has 0 saturated carbocycles. The highest BCUT2D eigenvalue weighted by Gasteiger charge is 2.23. The van der Waals surface area contributed by atoms with Gasteiger partial charge in [0.2, 0.25) is 5.95 Å². The molecular weight excluding hydrogens is 180 g/mol. The van der Waals surface area contributed by atoms with Crippen LogP contribution in [0.1, 0.15) is 11.1 Å². The third-order valence-corrected chi connectivity index (χ3v) is 1.77. The van der Waals surface area contributed by atoms with Crippen molar-refractivity contribution < 1.29 is 0 Å². The number of azo groups is 1. The molecule has 2 rings (SSSR count). The number of aromatic nitrogens is 2. The molecule has 6 nitrogen and oxygen atoms in total. The molecule has 12 heavy (non-hydrogen) atoms. The fourth-order valence-corrected chi connectivity index (χ4v) is 1.21. The van der Waals surface area contributed by atoms with Gasteiger partial charge in [-0.3, -0.25) is 0 Å². The molecule has 0 fully saturated rings. The number of nitrogens with zero attached hydrogens (tertiary/aromatic N) is 4. The van der Waals surface area contributed by atoms with Crippen LogP contribution in [-0.4, -0.2) is 9.97 Å². The lowest BCUT2D eigenvalue weighted by Crippen LogP contribution is -2.02. The lowest BCUT2D eigenvalue weighted by molar-refractivity contribution is 0.992. The Kier molecular flexibility index (Phi) is 1.37. The fourth-order valence-electron chi connectivity index (χ4n) is 0.960. The number of halogens is 1. The molecule has 0 spiro atoms. The minimum atomic E-state index is -0.583. The lowest BCUT2D eigenvalue weighted by atomic mass is 10.3. The Hall–Kier alpha value is -1.43. The molecule has 1 unspecified atom stereocenters. The van der Waals surface area contributed by atoms with Crippen molar-refractivity contribution in [3.05, 3.63) is 5.56 Å². The van der Waals surface area contributed by atoms with Crippen molar-refractivity contribution in [1.82, 2.24) is 9.97 Å².